The lowest BCUT2D eigenvalue weighted by Gasteiger charge is -2.10. The molecule has 0 aliphatic rings. The summed E-state index contributed by atoms with van der Waals surface area (Å²) in [6.07, 6.45) is 1.63. The van der Waals surface area contributed by atoms with Gasteiger partial charge in [0.15, 0.2) is 0 Å². The van der Waals surface area contributed by atoms with Crippen LogP contribution in [0.3, 0.4) is 0 Å². The van der Waals surface area contributed by atoms with Crippen LogP contribution in [0.2, 0.25) is 0 Å². The number of nitrogens with one attached hydrogen (secondary N) is 1. The van der Waals surface area contributed by atoms with E-state index >= 15 is 0 Å². The summed E-state index contributed by atoms with van der Waals surface area (Å²) >= 11 is 1.60. The molecule has 0 aliphatic carbocycles. The van der Waals surface area contributed by atoms with Gasteiger partial charge in [0.2, 0.25) is 5.91 Å². The molecule has 0 aromatic heterocycles. The molecule has 2 aromatic rings. The first kappa shape index (κ1) is 20.0. The first-order valence-electron chi connectivity index (χ1n) is 8.69. The van der Waals surface area contributed by atoms with E-state index in [-0.39, 0.29) is 5.91 Å². The van der Waals surface area contributed by atoms with E-state index < -0.39 is 0 Å². The lowest BCUT2D eigenvalue weighted by Crippen LogP contribution is -2.19. The highest BCUT2D eigenvalue weighted by Crippen LogP contribution is 2.21. The third kappa shape index (κ3) is 6.23. The first-order valence-corrected chi connectivity index (χ1v) is 9.84. The third-order valence-corrected chi connectivity index (χ3v) is 4.87. The predicted molar refractivity (Wildman–Crippen MR) is 110 cm³/mol. The summed E-state index contributed by atoms with van der Waals surface area (Å²) < 4.78 is 5.39. The maximum Gasteiger partial charge on any atom is 0.250 e. The van der Waals surface area contributed by atoms with Crippen molar-refractivity contribution in [3.05, 3.63) is 64.2 Å². The van der Waals surface area contributed by atoms with Crippen molar-refractivity contribution in [3.8, 4) is 5.75 Å². The number of amides is 1. The fraction of sp³-hybridized carbons (Fsp3) is 0.333. The average molecular weight is 371 g/mol. The Kier molecular flexibility index (Phi) is 7.73. The predicted octanol–water partition coefficient (Wildman–Crippen LogP) is 4.39. The van der Waals surface area contributed by atoms with Gasteiger partial charge < -0.3 is 4.74 Å². The second-order valence-corrected chi connectivity index (χ2v) is 7.15. The molecular weight excluding hydrogens is 344 g/mol. The highest BCUT2D eigenvalue weighted by molar-refractivity contribution is 7.99. The van der Waals surface area contributed by atoms with Crippen LogP contribution in [-0.4, -0.2) is 24.5 Å². The Morgan fingerprint density at radius 1 is 1.15 bits per heavy atom. The highest BCUT2D eigenvalue weighted by Gasteiger charge is 2.06. The second kappa shape index (κ2) is 10.0. The molecule has 0 fully saturated rings. The van der Waals surface area contributed by atoms with Crippen molar-refractivity contribution in [1.29, 1.82) is 0 Å². The zero-order chi connectivity index (χ0) is 18.9. The molecule has 1 amide bonds. The molecule has 0 saturated carbocycles. The van der Waals surface area contributed by atoms with Crippen LogP contribution in [0.4, 0.5) is 0 Å². The van der Waals surface area contributed by atoms with Crippen molar-refractivity contribution in [1.82, 2.24) is 5.43 Å². The minimum atomic E-state index is -0.0976. The van der Waals surface area contributed by atoms with Crippen LogP contribution in [0, 0.1) is 20.8 Å². The van der Waals surface area contributed by atoms with Gasteiger partial charge in [0.25, 0.3) is 0 Å². The van der Waals surface area contributed by atoms with E-state index in [4.69, 9.17) is 4.74 Å². The monoisotopic (exact) mass is 370 g/mol. The fourth-order valence-corrected chi connectivity index (χ4v) is 3.72. The third-order valence-electron chi connectivity index (χ3n) is 3.91. The molecule has 0 radical (unpaired) electrons. The summed E-state index contributed by atoms with van der Waals surface area (Å²) in [6, 6.07) is 11.9. The van der Waals surface area contributed by atoms with E-state index in [1.54, 1.807) is 18.0 Å². The van der Waals surface area contributed by atoms with Gasteiger partial charge in [-0.3, -0.25) is 4.79 Å². The zero-order valence-corrected chi connectivity index (χ0v) is 16.7. The lowest BCUT2D eigenvalue weighted by molar-refractivity contribution is -0.118. The molecule has 26 heavy (non-hydrogen) atoms. The number of aryl methyl sites for hydroxylation is 3. The topological polar surface area (TPSA) is 50.7 Å². The van der Waals surface area contributed by atoms with Crippen LogP contribution < -0.4 is 10.2 Å². The second-order valence-electron chi connectivity index (χ2n) is 6.17. The van der Waals surface area contributed by atoms with Crippen LogP contribution >= 0.6 is 11.8 Å². The summed E-state index contributed by atoms with van der Waals surface area (Å²) in [7, 11) is 0. The molecule has 4 nitrogen and oxygen atoms in total. The van der Waals surface area contributed by atoms with Gasteiger partial charge in [0.1, 0.15) is 5.75 Å². The van der Waals surface area contributed by atoms with Crippen LogP contribution in [0.5, 0.6) is 5.75 Å². The van der Waals surface area contributed by atoms with Crippen LogP contribution in [0.1, 0.15) is 34.7 Å². The molecular formula is C21H26N2O2S. The fourth-order valence-electron chi connectivity index (χ4n) is 2.71. The van der Waals surface area contributed by atoms with Gasteiger partial charge in [-0.15, -0.1) is 11.8 Å². The molecule has 0 unspecified atom stereocenters. The highest BCUT2D eigenvalue weighted by atomic mass is 32.2. The molecule has 0 heterocycles. The molecule has 0 aliphatic heterocycles. The van der Waals surface area contributed by atoms with Gasteiger partial charge in [-0.25, -0.2) is 5.43 Å². The van der Waals surface area contributed by atoms with Gasteiger partial charge in [-0.1, -0.05) is 17.7 Å². The van der Waals surface area contributed by atoms with Crippen molar-refractivity contribution in [2.24, 2.45) is 5.10 Å². The Labute approximate surface area is 160 Å². The van der Waals surface area contributed by atoms with E-state index in [1.165, 1.54) is 22.3 Å². The number of hydrogen-bond donors (Lipinski definition) is 1. The number of carbonyl (C=O) groups is 1. The van der Waals surface area contributed by atoms with Gasteiger partial charge >= 0.3 is 0 Å². The first-order chi connectivity index (χ1) is 12.5. The number of benzene rings is 2. The maximum atomic E-state index is 11.9. The summed E-state index contributed by atoms with van der Waals surface area (Å²) in [6.45, 7) is 8.94. The average Bonchev–Trinajstić information content (AvgIpc) is 2.59. The Morgan fingerprint density at radius 2 is 1.81 bits per heavy atom. The molecule has 0 spiro atoms. The van der Waals surface area contributed by atoms with E-state index in [0.29, 0.717) is 12.4 Å². The number of rotatable bonds is 8. The molecule has 2 rings (SSSR count). The van der Waals surface area contributed by atoms with Gasteiger partial charge in [0, 0.05) is 5.75 Å². The molecule has 1 N–H and O–H groups in total. The van der Waals surface area contributed by atoms with Crippen LogP contribution in [0.25, 0.3) is 0 Å². The molecule has 0 saturated heterocycles. The Bertz CT molecular complexity index is 747. The van der Waals surface area contributed by atoms with Crippen molar-refractivity contribution >= 4 is 23.9 Å². The number of nitrogens with zero attached hydrogens (tertiary/aromatic N) is 1. The van der Waals surface area contributed by atoms with Gasteiger partial charge in [0.05, 0.1) is 18.6 Å². The summed E-state index contributed by atoms with van der Waals surface area (Å²) in [5.74, 6) is 1.94. The van der Waals surface area contributed by atoms with Crippen molar-refractivity contribution in [2.45, 2.75) is 33.4 Å². The Morgan fingerprint density at radius 3 is 2.42 bits per heavy atom. The number of hydrogen-bond acceptors (Lipinski definition) is 4. The minimum absolute atomic E-state index is 0.0976. The van der Waals surface area contributed by atoms with Crippen LogP contribution in [-0.2, 0) is 10.5 Å². The SMILES string of the molecule is CCOc1ccc(/C=N\NC(=O)CSCc2c(C)cc(C)cc2C)cc1. The number of carbonyl (C=O) groups excluding carboxylic acids is 1. The Hall–Kier alpha value is -2.27. The number of hydrazone groups is 1. The summed E-state index contributed by atoms with van der Waals surface area (Å²) in [5, 5.41) is 4.01. The van der Waals surface area contributed by atoms with Crippen molar-refractivity contribution in [3.63, 3.8) is 0 Å². The smallest absolute Gasteiger partial charge is 0.250 e. The molecule has 138 valence electrons. The largest absolute Gasteiger partial charge is 0.494 e. The molecule has 0 atom stereocenters. The number of thioether (sulfide) groups is 1. The van der Waals surface area contributed by atoms with Gasteiger partial charge in [-0.05, 0) is 74.2 Å². The summed E-state index contributed by atoms with van der Waals surface area (Å²) in [4.78, 5) is 11.9. The van der Waals surface area contributed by atoms with E-state index in [9.17, 15) is 4.79 Å². The zero-order valence-electron chi connectivity index (χ0n) is 15.8. The molecule has 2 aromatic carbocycles. The Balaban J connectivity index is 1.77. The minimum Gasteiger partial charge on any atom is -0.494 e. The van der Waals surface area contributed by atoms with Gasteiger partial charge in [-0.2, -0.15) is 5.10 Å². The molecule has 0 bridgehead atoms. The van der Waals surface area contributed by atoms with Crippen molar-refractivity contribution in [2.75, 3.05) is 12.4 Å². The van der Waals surface area contributed by atoms with E-state index in [2.05, 4.69) is 43.4 Å². The summed E-state index contributed by atoms with van der Waals surface area (Å²) in [5.41, 5.74) is 8.63. The lowest BCUT2D eigenvalue weighted by atomic mass is 10.0. The molecule has 5 heteroatoms. The van der Waals surface area contributed by atoms with E-state index in [0.717, 1.165) is 17.1 Å². The quantitative estimate of drug-likeness (QED) is 0.554. The van der Waals surface area contributed by atoms with E-state index in [1.807, 2.05) is 31.2 Å². The van der Waals surface area contributed by atoms with Crippen molar-refractivity contribution < 1.29 is 9.53 Å². The normalized spacial score (nSPS) is 10.9. The van der Waals surface area contributed by atoms with Crippen LogP contribution in [0.15, 0.2) is 41.5 Å². The standard InChI is InChI=1S/C21H26N2O2S/c1-5-25-19-8-6-18(7-9-19)12-22-23-21(24)14-26-13-20-16(3)10-15(2)11-17(20)4/h6-12H,5,13-14H2,1-4H3,(H,23,24)/b22-12-. The maximum absolute atomic E-state index is 11.9. The number of ether oxygens (including phenoxy) is 1.